The van der Waals surface area contributed by atoms with Crippen LogP contribution in [-0.2, 0) is 13.0 Å². The van der Waals surface area contributed by atoms with Gasteiger partial charge in [-0.2, -0.15) is 0 Å². The summed E-state index contributed by atoms with van der Waals surface area (Å²) in [7, 11) is 0. The van der Waals surface area contributed by atoms with Gasteiger partial charge in [-0.3, -0.25) is 0 Å². The number of thiazole rings is 1. The van der Waals surface area contributed by atoms with Crippen molar-refractivity contribution in [1.82, 2.24) is 10.3 Å². The number of fused-ring (bicyclic) bond motifs is 1. The number of aromatic nitrogens is 1. The predicted molar refractivity (Wildman–Crippen MR) is 66.7 cm³/mol. The summed E-state index contributed by atoms with van der Waals surface area (Å²) in [5.74, 6) is 0.704. The van der Waals surface area contributed by atoms with Crippen molar-refractivity contribution >= 4 is 11.3 Å². The maximum atomic E-state index is 4.26. The van der Waals surface area contributed by atoms with Crippen LogP contribution in [0.3, 0.4) is 0 Å². The van der Waals surface area contributed by atoms with Gasteiger partial charge in [0.25, 0.3) is 0 Å². The molecule has 2 nitrogen and oxygen atoms in total. The van der Waals surface area contributed by atoms with Gasteiger partial charge in [0.15, 0.2) is 0 Å². The Kier molecular flexibility index (Phi) is 2.72. The lowest BCUT2D eigenvalue weighted by molar-refractivity contribution is 0.533. The van der Waals surface area contributed by atoms with Gasteiger partial charge in [0.1, 0.15) is 0 Å². The lowest BCUT2D eigenvalue weighted by Gasteiger charge is -2.30. The highest BCUT2D eigenvalue weighted by Gasteiger charge is 2.24. The summed E-state index contributed by atoms with van der Waals surface area (Å²) in [6.45, 7) is 1.96. The summed E-state index contributed by atoms with van der Waals surface area (Å²) in [6.07, 6.45) is 1.22. The lowest BCUT2D eigenvalue weighted by Crippen LogP contribution is -2.28. The van der Waals surface area contributed by atoms with E-state index in [2.05, 4.69) is 39.9 Å². The third-order valence-electron chi connectivity index (χ3n) is 3.14. The average molecular weight is 230 g/mol. The third kappa shape index (κ3) is 1.88. The molecule has 0 bridgehead atoms. The Balaban J connectivity index is 1.52. The SMILES string of the molecule is c1ccc2c(c1)CC2CNCc1cscn1. The smallest absolute Gasteiger partial charge is 0.0795 e. The average Bonchev–Trinajstić information content (AvgIpc) is 2.77. The zero-order valence-corrected chi connectivity index (χ0v) is 9.83. The normalized spacial score (nSPS) is 17.9. The number of rotatable bonds is 4. The monoisotopic (exact) mass is 230 g/mol. The van der Waals surface area contributed by atoms with Crippen LogP contribution in [0.2, 0.25) is 0 Å². The quantitative estimate of drug-likeness (QED) is 0.873. The second kappa shape index (κ2) is 4.36. The minimum absolute atomic E-state index is 0.704. The Bertz CT molecular complexity index is 465. The van der Waals surface area contributed by atoms with Crippen LogP contribution in [0, 0.1) is 0 Å². The molecule has 0 saturated carbocycles. The Labute approximate surface area is 99.4 Å². The number of nitrogens with one attached hydrogen (secondary N) is 1. The summed E-state index contributed by atoms with van der Waals surface area (Å²) in [4.78, 5) is 4.26. The molecule has 1 N–H and O–H groups in total. The molecule has 1 unspecified atom stereocenters. The van der Waals surface area contributed by atoms with E-state index < -0.39 is 0 Å². The van der Waals surface area contributed by atoms with Crippen molar-refractivity contribution in [2.75, 3.05) is 6.54 Å². The van der Waals surface area contributed by atoms with Crippen LogP contribution in [0.4, 0.5) is 0 Å². The van der Waals surface area contributed by atoms with Gasteiger partial charge < -0.3 is 5.32 Å². The Morgan fingerprint density at radius 2 is 2.31 bits per heavy atom. The summed E-state index contributed by atoms with van der Waals surface area (Å²) < 4.78 is 0. The van der Waals surface area contributed by atoms with Gasteiger partial charge in [-0.15, -0.1) is 11.3 Å². The van der Waals surface area contributed by atoms with E-state index >= 15 is 0 Å². The topological polar surface area (TPSA) is 24.9 Å². The zero-order chi connectivity index (χ0) is 10.8. The summed E-state index contributed by atoms with van der Waals surface area (Å²) in [6, 6.07) is 8.73. The molecule has 0 saturated heterocycles. The van der Waals surface area contributed by atoms with E-state index in [4.69, 9.17) is 0 Å². The fourth-order valence-electron chi connectivity index (χ4n) is 2.24. The molecule has 82 valence electrons. The molecule has 3 heteroatoms. The van der Waals surface area contributed by atoms with Crippen molar-refractivity contribution in [3.63, 3.8) is 0 Å². The molecule has 3 rings (SSSR count). The van der Waals surface area contributed by atoms with Crippen LogP contribution in [-0.4, -0.2) is 11.5 Å². The molecule has 0 aliphatic heterocycles. The van der Waals surface area contributed by atoms with Crippen molar-refractivity contribution in [1.29, 1.82) is 0 Å². The van der Waals surface area contributed by atoms with E-state index in [0.29, 0.717) is 5.92 Å². The van der Waals surface area contributed by atoms with Crippen LogP contribution >= 0.6 is 11.3 Å². The lowest BCUT2D eigenvalue weighted by atomic mass is 9.77. The molecule has 1 aromatic carbocycles. The molecule has 1 atom stereocenters. The van der Waals surface area contributed by atoms with Gasteiger partial charge in [-0.05, 0) is 17.5 Å². The van der Waals surface area contributed by atoms with Gasteiger partial charge in [-0.25, -0.2) is 4.98 Å². The van der Waals surface area contributed by atoms with Gasteiger partial charge in [0.2, 0.25) is 0 Å². The van der Waals surface area contributed by atoms with Gasteiger partial charge in [0.05, 0.1) is 11.2 Å². The molecular formula is C13H14N2S. The third-order valence-corrected chi connectivity index (χ3v) is 3.78. The van der Waals surface area contributed by atoms with E-state index in [0.717, 1.165) is 18.8 Å². The molecule has 0 radical (unpaired) electrons. The van der Waals surface area contributed by atoms with Crippen molar-refractivity contribution in [2.24, 2.45) is 0 Å². The van der Waals surface area contributed by atoms with Crippen LogP contribution in [0.1, 0.15) is 22.7 Å². The Morgan fingerprint density at radius 3 is 3.12 bits per heavy atom. The summed E-state index contributed by atoms with van der Waals surface area (Å²) in [5.41, 5.74) is 6.07. The van der Waals surface area contributed by atoms with Crippen molar-refractivity contribution in [2.45, 2.75) is 18.9 Å². The minimum atomic E-state index is 0.704. The van der Waals surface area contributed by atoms with Crippen molar-refractivity contribution in [3.05, 3.63) is 52.0 Å². The van der Waals surface area contributed by atoms with Crippen LogP contribution < -0.4 is 5.32 Å². The predicted octanol–water partition coefficient (Wildman–Crippen LogP) is 2.57. The van der Waals surface area contributed by atoms with Gasteiger partial charge in [-0.1, -0.05) is 24.3 Å². The molecule has 0 spiro atoms. The maximum absolute atomic E-state index is 4.26. The van der Waals surface area contributed by atoms with E-state index in [1.54, 1.807) is 11.3 Å². The first kappa shape index (κ1) is 10.00. The molecule has 1 aliphatic rings. The van der Waals surface area contributed by atoms with Crippen LogP contribution in [0.25, 0.3) is 0 Å². The molecular weight excluding hydrogens is 216 g/mol. The molecule has 0 amide bonds. The fourth-order valence-corrected chi connectivity index (χ4v) is 2.80. The second-order valence-electron chi connectivity index (χ2n) is 4.21. The molecule has 1 aromatic heterocycles. The molecule has 16 heavy (non-hydrogen) atoms. The maximum Gasteiger partial charge on any atom is 0.0795 e. The largest absolute Gasteiger partial charge is 0.311 e. The van der Waals surface area contributed by atoms with E-state index in [-0.39, 0.29) is 0 Å². The highest BCUT2D eigenvalue weighted by atomic mass is 32.1. The van der Waals surface area contributed by atoms with Gasteiger partial charge >= 0.3 is 0 Å². The molecule has 1 aliphatic carbocycles. The second-order valence-corrected chi connectivity index (χ2v) is 4.93. The summed E-state index contributed by atoms with van der Waals surface area (Å²) in [5, 5.41) is 5.57. The van der Waals surface area contributed by atoms with E-state index in [1.807, 2.05) is 5.51 Å². The Hall–Kier alpha value is -1.19. The van der Waals surface area contributed by atoms with E-state index in [9.17, 15) is 0 Å². The van der Waals surface area contributed by atoms with Crippen LogP contribution in [0.15, 0.2) is 35.2 Å². The van der Waals surface area contributed by atoms with Crippen molar-refractivity contribution in [3.8, 4) is 0 Å². The zero-order valence-electron chi connectivity index (χ0n) is 9.02. The number of nitrogens with zero attached hydrogens (tertiary/aromatic N) is 1. The molecule has 2 aromatic rings. The van der Waals surface area contributed by atoms with E-state index in [1.165, 1.54) is 17.5 Å². The highest BCUT2D eigenvalue weighted by Crippen LogP contribution is 2.33. The first-order valence-corrected chi connectivity index (χ1v) is 6.53. The first-order chi connectivity index (χ1) is 7.93. The summed E-state index contributed by atoms with van der Waals surface area (Å²) >= 11 is 1.66. The van der Waals surface area contributed by atoms with Crippen molar-refractivity contribution < 1.29 is 0 Å². The standard InChI is InChI=1S/C13H14N2S/c1-2-4-13-10(3-1)5-11(13)6-14-7-12-8-16-9-15-12/h1-4,8-9,11,14H,5-7H2. The Morgan fingerprint density at radius 1 is 1.38 bits per heavy atom. The van der Waals surface area contributed by atoms with Gasteiger partial charge in [0, 0.05) is 24.4 Å². The van der Waals surface area contributed by atoms with Crippen LogP contribution in [0.5, 0.6) is 0 Å². The fraction of sp³-hybridized carbons (Fsp3) is 0.308. The number of hydrogen-bond donors (Lipinski definition) is 1. The number of benzene rings is 1. The minimum Gasteiger partial charge on any atom is -0.311 e. The first-order valence-electron chi connectivity index (χ1n) is 5.59. The highest BCUT2D eigenvalue weighted by molar-refractivity contribution is 7.07. The molecule has 1 heterocycles. The molecule has 0 fully saturated rings. The number of hydrogen-bond acceptors (Lipinski definition) is 3.